The molecule has 134 valence electrons. The molecule has 0 spiro atoms. The van der Waals surface area contributed by atoms with Gasteiger partial charge in [-0.15, -0.1) is 0 Å². The van der Waals surface area contributed by atoms with E-state index in [9.17, 15) is 13.2 Å². The molecular weight excluding hydrogens is 344 g/mol. The molecular formula is C17H26N2O3S2. The van der Waals surface area contributed by atoms with Gasteiger partial charge >= 0.3 is 0 Å². The van der Waals surface area contributed by atoms with Crippen molar-refractivity contribution in [2.24, 2.45) is 16.8 Å². The fraction of sp³-hybridized carbons (Fsp3) is 0.882. The predicted octanol–water partition coefficient (Wildman–Crippen LogP) is 2.46. The molecule has 0 aromatic rings. The number of hydrogen-bond acceptors (Lipinski definition) is 4. The Morgan fingerprint density at radius 3 is 2.75 bits per heavy atom. The number of carbonyl (C=O) groups excluding carboxylic acids is 1. The largest absolute Gasteiger partial charge is 0.343 e. The van der Waals surface area contributed by atoms with E-state index in [1.807, 2.05) is 0 Å². The Kier molecular flexibility index (Phi) is 4.44. The number of sulfone groups is 1. The molecule has 7 heteroatoms. The van der Waals surface area contributed by atoms with Gasteiger partial charge in [0, 0.05) is 17.7 Å². The zero-order valence-electron chi connectivity index (χ0n) is 14.2. The minimum atomic E-state index is -2.95. The summed E-state index contributed by atoms with van der Waals surface area (Å²) in [5.74, 6) is 1.88. The van der Waals surface area contributed by atoms with Gasteiger partial charge in [-0.25, -0.2) is 8.42 Å². The molecule has 0 aromatic heterocycles. The van der Waals surface area contributed by atoms with E-state index in [-0.39, 0.29) is 28.7 Å². The number of fused-ring (bicyclic) bond motifs is 3. The molecule has 0 aromatic carbocycles. The molecule has 5 nitrogen and oxygen atoms in total. The average molecular weight is 371 g/mol. The molecule has 2 heterocycles. The van der Waals surface area contributed by atoms with E-state index in [0.717, 1.165) is 30.3 Å². The van der Waals surface area contributed by atoms with E-state index in [2.05, 4.69) is 16.8 Å². The smallest absolute Gasteiger partial charge is 0.248 e. The van der Waals surface area contributed by atoms with E-state index in [0.29, 0.717) is 18.4 Å². The first-order chi connectivity index (χ1) is 11.5. The molecule has 1 amide bonds. The number of amidine groups is 1. The van der Waals surface area contributed by atoms with Crippen molar-refractivity contribution in [3.63, 3.8) is 0 Å². The van der Waals surface area contributed by atoms with Crippen molar-refractivity contribution >= 4 is 32.7 Å². The average Bonchev–Trinajstić information content (AvgIpc) is 3.24. The summed E-state index contributed by atoms with van der Waals surface area (Å²) in [6.07, 6.45) is 7.34. The Labute approximate surface area is 148 Å². The summed E-state index contributed by atoms with van der Waals surface area (Å²) in [4.78, 5) is 18.9. The zero-order valence-corrected chi connectivity index (χ0v) is 15.8. The summed E-state index contributed by atoms with van der Waals surface area (Å²) >= 11 is 1.54. The number of rotatable bonds is 4. The van der Waals surface area contributed by atoms with Gasteiger partial charge in [0.25, 0.3) is 0 Å². The fourth-order valence-electron chi connectivity index (χ4n) is 5.02. The third-order valence-corrected chi connectivity index (χ3v) is 9.35. The second kappa shape index (κ2) is 6.31. The Morgan fingerprint density at radius 1 is 1.25 bits per heavy atom. The summed E-state index contributed by atoms with van der Waals surface area (Å²) in [5, 5.41) is 0.880. The van der Waals surface area contributed by atoms with Crippen molar-refractivity contribution in [1.82, 2.24) is 4.90 Å². The first kappa shape index (κ1) is 16.9. The van der Waals surface area contributed by atoms with Crippen LogP contribution in [0.3, 0.4) is 0 Å². The monoisotopic (exact) mass is 370 g/mol. The van der Waals surface area contributed by atoms with E-state index in [1.54, 1.807) is 11.8 Å². The summed E-state index contributed by atoms with van der Waals surface area (Å²) in [7, 11) is -2.95. The van der Waals surface area contributed by atoms with Crippen molar-refractivity contribution in [2.45, 2.75) is 69.2 Å². The summed E-state index contributed by atoms with van der Waals surface area (Å²) in [6, 6.07) is 0.430. The van der Waals surface area contributed by atoms with Crippen LogP contribution in [0.25, 0.3) is 0 Å². The van der Waals surface area contributed by atoms with Crippen LogP contribution < -0.4 is 0 Å². The molecule has 0 N–H and O–H groups in total. The molecule has 2 aliphatic heterocycles. The number of unbranched alkanes of at least 4 members (excludes halogenated alkanes) is 1. The number of hydrogen-bond donors (Lipinski definition) is 0. The SMILES string of the molecule is CCCCC(=O)N=C1SC2CS(=O)(=O)CC2N1C1CC2CCC1C2. The summed E-state index contributed by atoms with van der Waals surface area (Å²) in [6.45, 7) is 2.07. The first-order valence-electron chi connectivity index (χ1n) is 9.24. The lowest BCUT2D eigenvalue weighted by atomic mass is 9.93. The Bertz CT molecular complexity index is 661. The van der Waals surface area contributed by atoms with Crippen LogP contribution in [0.15, 0.2) is 4.99 Å². The van der Waals surface area contributed by atoms with E-state index < -0.39 is 9.84 Å². The topological polar surface area (TPSA) is 66.8 Å². The summed E-state index contributed by atoms with van der Waals surface area (Å²) < 4.78 is 24.2. The minimum absolute atomic E-state index is 0.0297. The van der Waals surface area contributed by atoms with Gasteiger partial charge in [-0.05, 0) is 37.5 Å². The van der Waals surface area contributed by atoms with Gasteiger partial charge in [0.1, 0.15) is 0 Å². The molecule has 4 fully saturated rings. The molecule has 4 aliphatic rings. The number of thioether (sulfide) groups is 1. The van der Waals surface area contributed by atoms with Crippen molar-refractivity contribution in [3.8, 4) is 0 Å². The van der Waals surface area contributed by atoms with Crippen LogP contribution in [-0.2, 0) is 14.6 Å². The molecule has 5 unspecified atom stereocenters. The highest BCUT2D eigenvalue weighted by Crippen LogP contribution is 2.51. The second-order valence-corrected chi connectivity index (χ2v) is 11.2. The highest BCUT2D eigenvalue weighted by molar-refractivity contribution is 8.15. The van der Waals surface area contributed by atoms with Gasteiger partial charge in [0.2, 0.25) is 5.91 Å². The molecule has 5 atom stereocenters. The molecule has 2 saturated carbocycles. The Morgan fingerprint density at radius 2 is 2.08 bits per heavy atom. The highest BCUT2D eigenvalue weighted by atomic mass is 32.2. The number of amides is 1. The lowest BCUT2D eigenvalue weighted by Crippen LogP contribution is -2.47. The maximum atomic E-state index is 12.2. The van der Waals surface area contributed by atoms with E-state index >= 15 is 0 Å². The maximum Gasteiger partial charge on any atom is 0.248 e. The Balaban J connectivity index is 1.59. The normalized spacial score (nSPS) is 41.3. The quantitative estimate of drug-likeness (QED) is 0.760. The van der Waals surface area contributed by atoms with Crippen molar-refractivity contribution in [2.75, 3.05) is 11.5 Å². The second-order valence-electron chi connectivity index (χ2n) is 7.84. The van der Waals surface area contributed by atoms with Crippen molar-refractivity contribution in [3.05, 3.63) is 0 Å². The molecule has 0 radical (unpaired) electrons. The highest BCUT2D eigenvalue weighted by Gasteiger charge is 2.54. The van der Waals surface area contributed by atoms with Crippen molar-refractivity contribution < 1.29 is 13.2 Å². The number of carbonyl (C=O) groups is 1. The van der Waals surface area contributed by atoms with Crippen LogP contribution in [-0.4, -0.2) is 53.2 Å². The van der Waals surface area contributed by atoms with Crippen LogP contribution in [0.4, 0.5) is 0 Å². The third-order valence-electron chi connectivity index (χ3n) is 6.13. The molecule has 24 heavy (non-hydrogen) atoms. The molecule has 2 aliphatic carbocycles. The summed E-state index contributed by atoms with van der Waals surface area (Å²) in [5.41, 5.74) is 0. The maximum absolute atomic E-state index is 12.2. The van der Waals surface area contributed by atoms with Crippen LogP contribution >= 0.6 is 11.8 Å². The van der Waals surface area contributed by atoms with Crippen LogP contribution in [0.2, 0.25) is 0 Å². The zero-order chi connectivity index (χ0) is 16.9. The van der Waals surface area contributed by atoms with Crippen LogP contribution in [0.5, 0.6) is 0 Å². The lowest BCUT2D eigenvalue weighted by Gasteiger charge is -2.36. The first-order valence-corrected chi connectivity index (χ1v) is 11.9. The van der Waals surface area contributed by atoms with Gasteiger partial charge in [-0.2, -0.15) is 4.99 Å². The molecule has 4 rings (SSSR count). The van der Waals surface area contributed by atoms with Crippen LogP contribution in [0.1, 0.15) is 51.9 Å². The fourth-order valence-corrected chi connectivity index (χ4v) is 9.01. The van der Waals surface area contributed by atoms with Gasteiger partial charge in [-0.1, -0.05) is 31.5 Å². The van der Waals surface area contributed by atoms with Gasteiger partial charge in [-0.3, -0.25) is 4.79 Å². The molecule has 2 bridgehead atoms. The van der Waals surface area contributed by atoms with Crippen molar-refractivity contribution in [1.29, 1.82) is 0 Å². The van der Waals surface area contributed by atoms with E-state index in [4.69, 9.17) is 0 Å². The third kappa shape index (κ3) is 3.02. The van der Waals surface area contributed by atoms with Gasteiger partial charge in [0.15, 0.2) is 15.0 Å². The standard InChI is InChI=1S/C17H26N2O3S2/c1-2-3-4-16(20)18-17-19(13-8-11-5-6-12(13)7-11)14-9-24(21,22)10-15(14)23-17/h11-15H,2-10H2,1H3. The van der Waals surface area contributed by atoms with Gasteiger partial charge in [0.05, 0.1) is 17.5 Å². The lowest BCUT2D eigenvalue weighted by molar-refractivity contribution is -0.117. The van der Waals surface area contributed by atoms with Crippen LogP contribution in [0, 0.1) is 11.8 Å². The van der Waals surface area contributed by atoms with Gasteiger partial charge < -0.3 is 4.90 Å². The minimum Gasteiger partial charge on any atom is -0.343 e. The number of nitrogens with zero attached hydrogens (tertiary/aromatic N) is 2. The predicted molar refractivity (Wildman–Crippen MR) is 96.9 cm³/mol. The van der Waals surface area contributed by atoms with E-state index in [1.165, 1.54) is 19.3 Å². The Hall–Kier alpha value is -0.560. The number of aliphatic imine (C=N–C) groups is 1. The molecule has 2 saturated heterocycles.